The van der Waals surface area contributed by atoms with E-state index < -0.39 is 0 Å². The van der Waals surface area contributed by atoms with Crippen LogP contribution in [-0.4, -0.2) is 35.1 Å². The summed E-state index contributed by atoms with van der Waals surface area (Å²) in [6.45, 7) is 6.37. The average molecular weight is 325 g/mol. The molecule has 0 bridgehead atoms. The Morgan fingerprint density at radius 3 is 2.53 bits per heavy atom. The van der Waals surface area contributed by atoms with Crippen molar-refractivity contribution in [3.05, 3.63) is 0 Å². The fourth-order valence-corrected chi connectivity index (χ4v) is 2.48. The van der Waals surface area contributed by atoms with Crippen LogP contribution in [0.2, 0.25) is 0 Å². The van der Waals surface area contributed by atoms with Crippen LogP contribution in [0.15, 0.2) is 0 Å². The molecule has 1 saturated heterocycles. The Hall–Kier alpha value is 0. The monoisotopic (exact) mass is 325 g/mol. The molecule has 15 heavy (non-hydrogen) atoms. The van der Waals surface area contributed by atoms with Crippen LogP contribution >= 0.6 is 22.6 Å². The molecule has 1 aliphatic rings. The molecule has 0 N–H and O–H groups in total. The lowest BCUT2D eigenvalue weighted by Gasteiger charge is -2.30. The van der Waals surface area contributed by atoms with Gasteiger partial charge < -0.3 is 9.64 Å². The summed E-state index contributed by atoms with van der Waals surface area (Å²) in [4.78, 5) is 13.4. The number of hydrogen-bond donors (Lipinski definition) is 0. The number of amides is 1. The van der Waals surface area contributed by atoms with Crippen molar-refractivity contribution in [1.82, 2.24) is 4.90 Å². The van der Waals surface area contributed by atoms with E-state index in [1.165, 1.54) is 4.43 Å². The summed E-state index contributed by atoms with van der Waals surface area (Å²) in [7, 11) is 0. The molecule has 0 aromatic heterocycles. The van der Waals surface area contributed by atoms with Crippen molar-refractivity contribution >= 4 is 28.7 Å². The number of ether oxygens (including phenoxy) is 1. The molecule has 0 aromatic carbocycles. The Kier molecular flexibility index (Phi) is 5.71. The first-order chi connectivity index (χ1) is 7.13. The summed E-state index contributed by atoms with van der Waals surface area (Å²) in [6, 6.07) is 0. The molecular weight excluding hydrogens is 305 g/mol. The van der Waals surface area contributed by atoms with E-state index in [-0.39, 0.29) is 6.09 Å². The van der Waals surface area contributed by atoms with Gasteiger partial charge in [0.25, 0.3) is 0 Å². The molecule has 1 rings (SSSR count). The van der Waals surface area contributed by atoms with Gasteiger partial charge in [-0.25, -0.2) is 4.79 Å². The van der Waals surface area contributed by atoms with Crippen LogP contribution in [-0.2, 0) is 4.74 Å². The molecule has 0 radical (unpaired) electrons. The highest BCUT2D eigenvalue weighted by molar-refractivity contribution is 14.1. The largest absolute Gasteiger partial charge is 0.449 e. The summed E-state index contributed by atoms with van der Waals surface area (Å²) in [6.07, 6.45) is 2.12. The van der Waals surface area contributed by atoms with E-state index in [9.17, 15) is 4.79 Å². The molecular formula is C11H20INO2. The summed E-state index contributed by atoms with van der Waals surface area (Å²) in [5, 5.41) is 0. The minimum absolute atomic E-state index is 0.129. The summed E-state index contributed by atoms with van der Waals surface area (Å²) in [5.74, 6) is 1.21. The first-order valence-corrected chi connectivity index (χ1v) is 7.13. The maximum atomic E-state index is 11.6. The Balaban J connectivity index is 2.24. The lowest BCUT2D eigenvalue weighted by atomic mass is 10.00. The maximum absolute atomic E-state index is 11.6. The summed E-state index contributed by atoms with van der Waals surface area (Å²) >= 11 is 2.42. The topological polar surface area (TPSA) is 29.5 Å². The van der Waals surface area contributed by atoms with Gasteiger partial charge in [-0.15, -0.1) is 0 Å². The number of piperidine rings is 1. The van der Waals surface area contributed by atoms with Gasteiger partial charge >= 0.3 is 6.09 Å². The fourth-order valence-electron chi connectivity index (χ4n) is 1.60. The van der Waals surface area contributed by atoms with Gasteiger partial charge in [-0.1, -0.05) is 36.4 Å². The summed E-state index contributed by atoms with van der Waals surface area (Å²) in [5.41, 5.74) is 0. The van der Waals surface area contributed by atoms with Crippen molar-refractivity contribution in [2.75, 3.05) is 24.1 Å². The quantitative estimate of drug-likeness (QED) is 0.590. The Labute approximate surface area is 106 Å². The van der Waals surface area contributed by atoms with Gasteiger partial charge in [-0.3, -0.25) is 0 Å². The molecule has 3 nitrogen and oxygen atoms in total. The zero-order valence-corrected chi connectivity index (χ0v) is 11.7. The van der Waals surface area contributed by atoms with Crippen molar-refractivity contribution in [2.24, 2.45) is 11.8 Å². The molecule has 0 unspecified atom stereocenters. The number of rotatable bonds is 3. The summed E-state index contributed by atoms with van der Waals surface area (Å²) < 4.78 is 6.40. The van der Waals surface area contributed by atoms with E-state index in [1.807, 2.05) is 4.90 Å². The first-order valence-electron chi connectivity index (χ1n) is 5.61. The van der Waals surface area contributed by atoms with Gasteiger partial charge in [0, 0.05) is 17.5 Å². The number of carbonyl (C=O) groups excluding carboxylic acids is 1. The van der Waals surface area contributed by atoms with E-state index >= 15 is 0 Å². The molecule has 4 heteroatoms. The molecule has 1 aliphatic heterocycles. The van der Waals surface area contributed by atoms with Crippen LogP contribution in [0, 0.1) is 11.8 Å². The second-order valence-corrected chi connectivity index (χ2v) is 5.44. The number of likely N-dealkylation sites (tertiary alicyclic amines) is 1. The molecule has 0 saturated carbocycles. The van der Waals surface area contributed by atoms with E-state index in [0.29, 0.717) is 12.5 Å². The Morgan fingerprint density at radius 2 is 2.07 bits per heavy atom. The maximum Gasteiger partial charge on any atom is 0.409 e. The van der Waals surface area contributed by atoms with Crippen LogP contribution in [0.25, 0.3) is 0 Å². The SMILES string of the molecule is CC(C)COC(=O)N1CCC(CI)CC1. The van der Waals surface area contributed by atoms with Gasteiger partial charge in [0.2, 0.25) is 0 Å². The van der Waals surface area contributed by atoms with Crippen molar-refractivity contribution < 1.29 is 9.53 Å². The van der Waals surface area contributed by atoms with Crippen molar-refractivity contribution in [1.29, 1.82) is 0 Å². The van der Waals surface area contributed by atoms with E-state index in [2.05, 4.69) is 36.4 Å². The van der Waals surface area contributed by atoms with E-state index in [0.717, 1.165) is 31.8 Å². The molecule has 1 fully saturated rings. The minimum Gasteiger partial charge on any atom is -0.449 e. The second kappa shape index (κ2) is 6.55. The highest BCUT2D eigenvalue weighted by Gasteiger charge is 2.22. The lowest BCUT2D eigenvalue weighted by molar-refractivity contribution is 0.0808. The van der Waals surface area contributed by atoms with Gasteiger partial charge in [0.15, 0.2) is 0 Å². The predicted octanol–water partition coefficient (Wildman–Crippen LogP) is 2.93. The number of hydrogen-bond acceptors (Lipinski definition) is 2. The van der Waals surface area contributed by atoms with Crippen LogP contribution in [0.4, 0.5) is 4.79 Å². The third kappa shape index (κ3) is 4.57. The average Bonchev–Trinajstić information content (AvgIpc) is 2.26. The van der Waals surface area contributed by atoms with Gasteiger partial charge in [0.1, 0.15) is 0 Å². The lowest BCUT2D eigenvalue weighted by Crippen LogP contribution is -2.39. The highest BCUT2D eigenvalue weighted by atomic mass is 127. The predicted molar refractivity (Wildman–Crippen MR) is 69.4 cm³/mol. The molecule has 0 atom stereocenters. The number of halogens is 1. The third-order valence-electron chi connectivity index (χ3n) is 2.63. The standard InChI is InChI=1S/C11H20INO2/c1-9(2)8-15-11(14)13-5-3-10(7-12)4-6-13/h9-10H,3-8H2,1-2H3. The zero-order valence-electron chi connectivity index (χ0n) is 9.54. The molecule has 1 heterocycles. The van der Waals surface area contributed by atoms with Crippen LogP contribution < -0.4 is 0 Å². The van der Waals surface area contributed by atoms with Crippen molar-refractivity contribution in [3.8, 4) is 0 Å². The smallest absolute Gasteiger partial charge is 0.409 e. The highest BCUT2D eigenvalue weighted by Crippen LogP contribution is 2.19. The fraction of sp³-hybridized carbons (Fsp3) is 0.909. The molecule has 0 aliphatic carbocycles. The number of nitrogens with zero attached hydrogens (tertiary/aromatic N) is 1. The molecule has 1 amide bonds. The number of alkyl halides is 1. The van der Waals surface area contributed by atoms with Crippen LogP contribution in [0.3, 0.4) is 0 Å². The Bertz CT molecular complexity index is 201. The Morgan fingerprint density at radius 1 is 1.47 bits per heavy atom. The molecule has 0 aromatic rings. The van der Waals surface area contributed by atoms with Crippen molar-refractivity contribution in [3.63, 3.8) is 0 Å². The van der Waals surface area contributed by atoms with Crippen LogP contribution in [0.5, 0.6) is 0 Å². The van der Waals surface area contributed by atoms with Gasteiger partial charge in [-0.05, 0) is 24.7 Å². The van der Waals surface area contributed by atoms with Gasteiger partial charge in [-0.2, -0.15) is 0 Å². The van der Waals surface area contributed by atoms with Crippen molar-refractivity contribution in [2.45, 2.75) is 26.7 Å². The minimum atomic E-state index is -0.129. The van der Waals surface area contributed by atoms with E-state index in [4.69, 9.17) is 4.74 Å². The molecule has 88 valence electrons. The normalized spacial score (nSPS) is 18.3. The first kappa shape index (κ1) is 13.1. The zero-order chi connectivity index (χ0) is 11.3. The molecule has 0 spiro atoms. The second-order valence-electron chi connectivity index (χ2n) is 4.56. The third-order valence-corrected chi connectivity index (χ3v) is 3.88. The van der Waals surface area contributed by atoms with Crippen LogP contribution in [0.1, 0.15) is 26.7 Å². The number of carbonyl (C=O) groups is 1. The van der Waals surface area contributed by atoms with E-state index in [1.54, 1.807) is 0 Å². The van der Waals surface area contributed by atoms with Gasteiger partial charge in [0.05, 0.1) is 6.61 Å².